The molecule has 2 saturated carbocycles. The van der Waals surface area contributed by atoms with Crippen molar-refractivity contribution in [3.63, 3.8) is 0 Å². The lowest BCUT2D eigenvalue weighted by molar-refractivity contribution is -0.135. The number of rotatable bonds is 11. The van der Waals surface area contributed by atoms with Gasteiger partial charge in [-0.1, -0.05) is 19.3 Å². The molecule has 0 radical (unpaired) electrons. The van der Waals surface area contributed by atoms with Crippen LogP contribution in [0, 0.1) is 11.8 Å². The van der Waals surface area contributed by atoms with Crippen LogP contribution in [0.2, 0.25) is 0 Å². The van der Waals surface area contributed by atoms with Crippen LogP contribution in [0.3, 0.4) is 0 Å². The first-order valence-electron chi connectivity index (χ1n) is 13.2. The van der Waals surface area contributed by atoms with Gasteiger partial charge >= 0.3 is 6.09 Å². The zero-order valence-electron chi connectivity index (χ0n) is 22.3. The van der Waals surface area contributed by atoms with Gasteiger partial charge in [-0.3, -0.25) is 14.4 Å². The molecule has 3 N–H and O–H groups in total. The summed E-state index contributed by atoms with van der Waals surface area (Å²) in [5.41, 5.74) is -0.641. The molecular weight excluding hydrogens is 448 g/mol. The zero-order chi connectivity index (χ0) is 26.0. The van der Waals surface area contributed by atoms with Gasteiger partial charge in [0, 0.05) is 39.0 Å². The predicted molar refractivity (Wildman–Crippen MR) is 135 cm³/mol. The van der Waals surface area contributed by atoms with Crippen LogP contribution in [0.5, 0.6) is 0 Å². The quantitative estimate of drug-likeness (QED) is 0.382. The lowest BCUT2D eigenvalue weighted by Crippen LogP contribution is -2.50. The Kier molecular flexibility index (Phi) is 11.3. The average Bonchev–Trinajstić information content (AvgIpc) is 3.42. The van der Waals surface area contributed by atoms with Crippen LogP contribution in [0.15, 0.2) is 0 Å². The Balaban J connectivity index is 1.92. The van der Waals surface area contributed by atoms with E-state index in [2.05, 4.69) is 16.0 Å². The number of ether oxygens (including phenoxy) is 1. The minimum Gasteiger partial charge on any atom is -0.444 e. The maximum atomic E-state index is 12.8. The van der Waals surface area contributed by atoms with Crippen LogP contribution in [-0.2, 0) is 19.1 Å². The van der Waals surface area contributed by atoms with Gasteiger partial charge in [-0.25, -0.2) is 4.79 Å². The molecule has 0 aromatic heterocycles. The van der Waals surface area contributed by atoms with E-state index in [1.54, 1.807) is 20.8 Å². The van der Waals surface area contributed by atoms with E-state index >= 15 is 0 Å². The highest BCUT2D eigenvalue weighted by molar-refractivity contribution is 5.84. The second-order valence-corrected chi connectivity index (χ2v) is 11.3. The Morgan fingerprint density at radius 3 is 2.37 bits per heavy atom. The number of hydrogen-bond donors (Lipinski definition) is 3. The summed E-state index contributed by atoms with van der Waals surface area (Å²) >= 11 is 0. The molecule has 9 nitrogen and oxygen atoms in total. The van der Waals surface area contributed by atoms with E-state index in [4.69, 9.17) is 4.74 Å². The number of hydrogen-bond acceptors (Lipinski definition) is 5. The largest absolute Gasteiger partial charge is 0.444 e. The molecule has 2 aliphatic carbocycles. The molecule has 2 aliphatic rings. The highest BCUT2D eigenvalue weighted by Crippen LogP contribution is 2.47. The highest BCUT2D eigenvalue weighted by Gasteiger charge is 2.39. The van der Waals surface area contributed by atoms with E-state index < -0.39 is 11.7 Å². The lowest BCUT2D eigenvalue weighted by atomic mass is 9.97. The van der Waals surface area contributed by atoms with Gasteiger partial charge in [0.05, 0.1) is 6.54 Å². The van der Waals surface area contributed by atoms with Crippen molar-refractivity contribution < 1.29 is 23.9 Å². The third kappa shape index (κ3) is 12.3. The minimum absolute atomic E-state index is 0.0294. The van der Waals surface area contributed by atoms with Crippen molar-refractivity contribution in [1.82, 2.24) is 20.9 Å². The van der Waals surface area contributed by atoms with Crippen molar-refractivity contribution in [1.29, 1.82) is 0 Å². The second kappa shape index (κ2) is 13.7. The Morgan fingerprint density at radius 2 is 1.71 bits per heavy atom. The minimum atomic E-state index is -0.641. The normalized spacial score (nSPS) is 22.5. The molecule has 200 valence electrons. The Morgan fingerprint density at radius 1 is 1.00 bits per heavy atom. The number of alkyl carbamates (subject to hydrolysis) is 1. The van der Waals surface area contributed by atoms with Crippen LogP contribution in [0.4, 0.5) is 4.79 Å². The van der Waals surface area contributed by atoms with Gasteiger partial charge in [0.2, 0.25) is 17.7 Å². The van der Waals surface area contributed by atoms with Crippen molar-refractivity contribution >= 4 is 23.8 Å². The van der Waals surface area contributed by atoms with Crippen molar-refractivity contribution in [2.45, 2.75) is 110 Å². The van der Waals surface area contributed by atoms with Crippen molar-refractivity contribution in [3.05, 3.63) is 0 Å². The van der Waals surface area contributed by atoms with E-state index in [0.29, 0.717) is 13.0 Å². The fourth-order valence-corrected chi connectivity index (χ4v) is 4.84. The topological polar surface area (TPSA) is 117 Å². The molecule has 0 heterocycles. The van der Waals surface area contributed by atoms with Gasteiger partial charge in [0.1, 0.15) is 5.60 Å². The van der Waals surface area contributed by atoms with Gasteiger partial charge < -0.3 is 25.6 Å². The smallest absolute Gasteiger partial charge is 0.407 e. The average molecular weight is 495 g/mol. The molecule has 4 atom stereocenters. The van der Waals surface area contributed by atoms with Crippen LogP contribution in [0.1, 0.15) is 92.4 Å². The molecular formula is C26H46N4O5. The summed E-state index contributed by atoms with van der Waals surface area (Å²) in [7, 11) is 0. The van der Waals surface area contributed by atoms with Gasteiger partial charge in [0.15, 0.2) is 0 Å². The van der Waals surface area contributed by atoms with E-state index in [0.717, 1.165) is 43.9 Å². The fourth-order valence-electron chi connectivity index (χ4n) is 4.84. The number of nitrogens with zero attached hydrogens (tertiary/aromatic N) is 1. The van der Waals surface area contributed by atoms with Crippen molar-refractivity contribution in [2.75, 3.05) is 19.6 Å². The molecule has 35 heavy (non-hydrogen) atoms. The summed E-state index contributed by atoms with van der Waals surface area (Å²) in [6.07, 6.45) is 8.52. The molecule has 2 fully saturated rings. The summed E-state index contributed by atoms with van der Waals surface area (Å²) in [6, 6.07) is -0.191. The summed E-state index contributed by atoms with van der Waals surface area (Å²) in [5.74, 6) is 1.14. The third-order valence-electron chi connectivity index (χ3n) is 6.69. The molecule has 0 aromatic carbocycles. The van der Waals surface area contributed by atoms with Gasteiger partial charge in [-0.15, -0.1) is 0 Å². The number of amides is 4. The van der Waals surface area contributed by atoms with E-state index in [1.165, 1.54) is 38.0 Å². The summed E-state index contributed by atoms with van der Waals surface area (Å²) in [6.45, 7) is 9.04. The van der Waals surface area contributed by atoms with Crippen LogP contribution in [0.25, 0.3) is 0 Å². The summed E-state index contributed by atoms with van der Waals surface area (Å²) in [4.78, 5) is 50.2. The summed E-state index contributed by atoms with van der Waals surface area (Å²) in [5, 5.41) is 8.79. The molecule has 2 rings (SSSR count). The first kappa shape index (κ1) is 28.9. The number of unbranched alkanes of at least 4 members (excludes halogenated alkanes) is 1. The molecule has 0 spiro atoms. The second-order valence-electron chi connectivity index (χ2n) is 11.3. The molecule has 0 aromatic rings. The molecule has 0 aliphatic heterocycles. The zero-order valence-corrected chi connectivity index (χ0v) is 22.3. The van der Waals surface area contributed by atoms with Crippen LogP contribution in [-0.4, -0.2) is 66.0 Å². The van der Waals surface area contributed by atoms with Gasteiger partial charge in [-0.2, -0.15) is 0 Å². The van der Waals surface area contributed by atoms with Crippen molar-refractivity contribution in [2.24, 2.45) is 11.8 Å². The fraction of sp³-hybridized carbons (Fsp3) is 0.846. The Bertz CT molecular complexity index is 736. The first-order chi connectivity index (χ1) is 16.4. The number of nitrogens with one attached hydrogen (secondary N) is 3. The number of carbonyl (C=O) groups is 4. The molecule has 4 unspecified atom stereocenters. The first-order valence-corrected chi connectivity index (χ1v) is 13.2. The van der Waals surface area contributed by atoms with Gasteiger partial charge in [-0.05, 0) is 71.1 Å². The molecule has 0 bridgehead atoms. The standard InChI is InChI=1S/C26H46N4O5/c1-18(31)27-13-9-8-12-23(29-25(34)35-26(3,4)5)16-30(19(2)32)17-24(33)28-22-11-7-6-10-20-14-21(20)15-22/h20-23H,6-17H2,1-5H3,(H,27,31)(H,28,33)(H,29,34). The Labute approximate surface area is 210 Å². The number of carbonyl (C=O) groups excluding carboxylic acids is 4. The molecule has 4 amide bonds. The van der Waals surface area contributed by atoms with E-state index in [-0.39, 0.29) is 42.9 Å². The third-order valence-corrected chi connectivity index (χ3v) is 6.69. The van der Waals surface area contributed by atoms with Gasteiger partial charge in [0.25, 0.3) is 0 Å². The maximum Gasteiger partial charge on any atom is 0.407 e. The van der Waals surface area contributed by atoms with E-state index in [9.17, 15) is 19.2 Å². The van der Waals surface area contributed by atoms with Crippen molar-refractivity contribution in [3.8, 4) is 0 Å². The van der Waals surface area contributed by atoms with Crippen LogP contribution >= 0.6 is 0 Å². The summed E-state index contributed by atoms with van der Waals surface area (Å²) < 4.78 is 5.40. The number of fused-ring (bicyclic) bond motifs is 1. The highest BCUT2D eigenvalue weighted by atomic mass is 16.6. The SMILES string of the molecule is CC(=O)NCCCCC(CN(CC(=O)NC1CCCCC2CC2C1)C(C)=O)NC(=O)OC(C)(C)C. The van der Waals surface area contributed by atoms with E-state index in [1.807, 2.05) is 0 Å². The Hall–Kier alpha value is -2.32. The molecule has 9 heteroatoms. The van der Waals surface area contributed by atoms with Crippen LogP contribution < -0.4 is 16.0 Å². The lowest BCUT2D eigenvalue weighted by Gasteiger charge is -2.29. The predicted octanol–water partition coefficient (Wildman–Crippen LogP) is 3.12. The molecule has 0 saturated heterocycles. The monoisotopic (exact) mass is 494 g/mol. The maximum absolute atomic E-state index is 12.8.